The largest absolute Gasteiger partial charge is 0.478 e. The first-order chi connectivity index (χ1) is 9.49. The quantitative estimate of drug-likeness (QED) is 0.746. The Morgan fingerprint density at radius 1 is 1.50 bits per heavy atom. The molecule has 0 aliphatic heterocycles. The minimum Gasteiger partial charge on any atom is -0.478 e. The number of carboxylic acids is 1. The zero-order chi connectivity index (χ0) is 14.7. The van der Waals surface area contributed by atoms with Gasteiger partial charge in [-0.1, -0.05) is 0 Å². The number of hydrogen-bond donors (Lipinski definition) is 3. The summed E-state index contributed by atoms with van der Waals surface area (Å²) in [5, 5.41) is 11.8. The predicted octanol–water partition coefficient (Wildman–Crippen LogP) is 2.42. The molecule has 0 fully saturated rings. The van der Waals surface area contributed by atoms with E-state index in [0.29, 0.717) is 6.54 Å². The third-order valence-electron chi connectivity index (χ3n) is 2.98. The first kappa shape index (κ1) is 13.8. The second kappa shape index (κ2) is 5.56. The van der Waals surface area contributed by atoms with Crippen molar-refractivity contribution in [3.8, 4) is 0 Å². The van der Waals surface area contributed by atoms with Crippen LogP contribution in [0.5, 0.6) is 0 Å². The van der Waals surface area contributed by atoms with Crippen LogP contribution in [0.4, 0.5) is 15.8 Å². The van der Waals surface area contributed by atoms with Crippen LogP contribution in [0.25, 0.3) is 0 Å². The Balaban J connectivity index is 2.24. The standard InChI is InChI=1S/C14H14FN3O2/c1-8-6-17-3-2-9(8)7-18-13-4-10(14(19)20)12(16)5-11(13)15/h2-6,18H,7,16H2,1H3,(H,19,20). The van der Waals surface area contributed by atoms with E-state index in [1.165, 1.54) is 6.07 Å². The van der Waals surface area contributed by atoms with E-state index in [-0.39, 0.29) is 16.9 Å². The summed E-state index contributed by atoms with van der Waals surface area (Å²) < 4.78 is 13.7. The maximum atomic E-state index is 13.7. The molecule has 0 bridgehead atoms. The van der Waals surface area contributed by atoms with Crippen molar-refractivity contribution in [1.29, 1.82) is 0 Å². The second-order valence-electron chi connectivity index (χ2n) is 4.38. The number of rotatable bonds is 4. The van der Waals surface area contributed by atoms with E-state index in [0.717, 1.165) is 17.2 Å². The summed E-state index contributed by atoms with van der Waals surface area (Å²) in [6.07, 6.45) is 3.35. The zero-order valence-corrected chi connectivity index (χ0v) is 10.9. The Morgan fingerprint density at radius 3 is 2.90 bits per heavy atom. The summed E-state index contributed by atoms with van der Waals surface area (Å²) in [6.45, 7) is 2.26. The normalized spacial score (nSPS) is 10.3. The zero-order valence-electron chi connectivity index (χ0n) is 10.9. The van der Waals surface area contributed by atoms with Crippen molar-refractivity contribution in [3.05, 3.63) is 53.1 Å². The first-order valence-corrected chi connectivity index (χ1v) is 5.94. The molecule has 0 aliphatic carbocycles. The average molecular weight is 275 g/mol. The molecule has 4 N–H and O–H groups in total. The highest BCUT2D eigenvalue weighted by Crippen LogP contribution is 2.23. The van der Waals surface area contributed by atoms with Gasteiger partial charge in [0.2, 0.25) is 0 Å². The van der Waals surface area contributed by atoms with Crippen LogP contribution >= 0.6 is 0 Å². The summed E-state index contributed by atoms with van der Waals surface area (Å²) in [6, 6.07) is 4.02. The number of hydrogen-bond acceptors (Lipinski definition) is 4. The van der Waals surface area contributed by atoms with Gasteiger partial charge in [0, 0.05) is 24.6 Å². The number of anilines is 2. The van der Waals surface area contributed by atoms with Crippen LogP contribution in [0.3, 0.4) is 0 Å². The highest BCUT2D eigenvalue weighted by Gasteiger charge is 2.13. The molecule has 104 valence electrons. The third-order valence-corrected chi connectivity index (χ3v) is 2.98. The molecule has 1 aromatic heterocycles. The van der Waals surface area contributed by atoms with Crippen LogP contribution in [0, 0.1) is 12.7 Å². The van der Waals surface area contributed by atoms with Crippen LogP contribution in [-0.2, 0) is 6.54 Å². The van der Waals surface area contributed by atoms with Crippen molar-refractivity contribution in [2.75, 3.05) is 11.1 Å². The molecule has 2 aromatic rings. The number of pyridine rings is 1. The minimum absolute atomic E-state index is 0.0966. The van der Waals surface area contributed by atoms with E-state index < -0.39 is 11.8 Å². The molecule has 1 heterocycles. The van der Waals surface area contributed by atoms with E-state index >= 15 is 0 Å². The van der Waals surface area contributed by atoms with Crippen molar-refractivity contribution in [2.24, 2.45) is 0 Å². The molecule has 5 nitrogen and oxygen atoms in total. The maximum absolute atomic E-state index is 13.7. The number of aryl methyl sites for hydroxylation is 1. The minimum atomic E-state index is -1.19. The van der Waals surface area contributed by atoms with Crippen molar-refractivity contribution in [1.82, 2.24) is 4.98 Å². The number of nitrogens with one attached hydrogen (secondary N) is 1. The van der Waals surface area contributed by atoms with Crippen LogP contribution in [0.15, 0.2) is 30.6 Å². The fraction of sp³-hybridized carbons (Fsp3) is 0.143. The monoisotopic (exact) mass is 275 g/mol. The maximum Gasteiger partial charge on any atom is 0.337 e. The van der Waals surface area contributed by atoms with Gasteiger partial charge in [-0.05, 0) is 36.2 Å². The molecule has 0 amide bonds. The van der Waals surface area contributed by atoms with Crippen molar-refractivity contribution in [2.45, 2.75) is 13.5 Å². The lowest BCUT2D eigenvalue weighted by Gasteiger charge is -2.11. The number of benzene rings is 1. The summed E-state index contributed by atoms with van der Waals surface area (Å²) in [5.74, 6) is -1.77. The van der Waals surface area contributed by atoms with Crippen molar-refractivity contribution < 1.29 is 14.3 Å². The van der Waals surface area contributed by atoms with Crippen LogP contribution in [0.2, 0.25) is 0 Å². The second-order valence-corrected chi connectivity index (χ2v) is 4.38. The highest BCUT2D eigenvalue weighted by atomic mass is 19.1. The molecule has 20 heavy (non-hydrogen) atoms. The number of carboxylic acid groups (broad SMARTS) is 1. The first-order valence-electron chi connectivity index (χ1n) is 5.94. The van der Waals surface area contributed by atoms with Crippen LogP contribution in [0.1, 0.15) is 21.5 Å². The fourth-order valence-electron chi connectivity index (χ4n) is 1.80. The van der Waals surface area contributed by atoms with Gasteiger partial charge < -0.3 is 16.2 Å². The fourth-order valence-corrected chi connectivity index (χ4v) is 1.80. The molecular formula is C14H14FN3O2. The average Bonchev–Trinajstić information content (AvgIpc) is 2.39. The number of carbonyl (C=O) groups is 1. The molecule has 0 spiro atoms. The van der Waals surface area contributed by atoms with Gasteiger partial charge in [-0.15, -0.1) is 0 Å². The number of aromatic nitrogens is 1. The molecule has 0 saturated heterocycles. The van der Waals surface area contributed by atoms with E-state index in [2.05, 4.69) is 10.3 Å². The molecule has 0 saturated carbocycles. The smallest absolute Gasteiger partial charge is 0.337 e. The summed E-state index contributed by atoms with van der Waals surface area (Å²) in [5.41, 5.74) is 7.27. The molecule has 6 heteroatoms. The highest BCUT2D eigenvalue weighted by molar-refractivity contribution is 5.94. The van der Waals surface area contributed by atoms with Gasteiger partial charge in [-0.3, -0.25) is 4.98 Å². The molecule has 0 atom stereocenters. The third kappa shape index (κ3) is 2.85. The number of nitrogen functional groups attached to an aromatic ring is 1. The van der Waals surface area contributed by atoms with Gasteiger partial charge >= 0.3 is 5.97 Å². The Kier molecular flexibility index (Phi) is 3.84. The van der Waals surface area contributed by atoms with Crippen LogP contribution in [-0.4, -0.2) is 16.1 Å². The number of nitrogens with zero attached hydrogens (tertiary/aromatic N) is 1. The van der Waals surface area contributed by atoms with Crippen molar-refractivity contribution >= 4 is 17.3 Å². The topological polar surface area (TPSA) is 88.2 Å². The molecule has 0 aliphatic rings. The number of nitrogens with two attached hydrogens (primary N) is 1. The van der Waals surface area contributed by atoms with Gasteiger partial charge in [-0.2, -0.15) is 0 Å². The van der Waals surface area contributed by atoms with E-state index in [4.69, 9.17) is 10.8 Å². The van der Waals surface area contributed by atoms with Gasteiger partial charge in [0.1, 0.15) is 5.82 Å². The SMILES string of the molecule is Cc1cnccc1CNc1cc(C(=O)O)c(N)cc1F. The lowest BCUT2D eigenvalue weighted by molar-refractivity contribution is 0.0698. The molecule has 0 radical (unpaired) electrons. The Hall–Kier alpha value is -2.63. The number of aromatic carboxylic acids is 1. The Morgan fingerprint density at radius 2 is 2.25 bits per heavy atom. The summed E-state index contributed by atoms with van der Waals surface area (Å²) >= 11 is 0. The van der Waals surface area contributed by atoms with Crippen LogP contribution < -0.4 is 11.1 Å². The lowest BCUT2D eigenvalue weighted by Crippen LogP contribution is -2.08. The summed E-state index contributed by atoms with van der Waals surface area (Å²) in [7, 11) is 0. The lowest BCUT2D eigenvalue weighted by atomic mass is 10.1. The van der Waals surface area contributed by atoms with Gasteiger partial charge in [0.25, 0.3) is 0 Å². The molecular weight excluding hydrogens is 261 g/mol. The molecule has 1 aromatic carbocycles. The van der Waals surface area contributed by atoms with Gasteiger partial charge in [0.15, 0.2) is 0 Å². The molecule has 0 unspecified atom stereocenters. The van der Waals surface area contributed by atoms with Gasteiger partial charge in [-0.25, -0.2) is 9.18 Å². The predicted molar refractivity (Wildman–Crippen MR) is 74.1 cm³/mol. The Bertz CT molecular complexity index is 659. The molecule has 2 rings (SSSR count). The van der Waals surface area contributed by atoms with E-state index in [1.807, 2.05) is 13.0 Å². The number of halogens is 1. The Labute approximate surface area is 115 Å². The van der Waals surface area contributed by atoms with E-state index in [1.54, 1.807) is 12.4 Å². The van der Waals surface area contributed by atoms with Crippen molar-refractivity contribution in [3.63, 3.8) is 0 Å². The summed E-state index contributed by atoms with van der Waals surface area (Å²) in [4.78, 5) is 14.9. The van der Waals surface area contributed by atoms with Gasteiger partial charge in [0.05, 0.1) is 11.3 Å². The van der Waals surface area contributed by atoms with E-state index in [9.17, 15) is 9.18 Å².